The van der Waals surface area contributed by atoms with Crippen LogP contribution in [0.15, 0.2) is 54.1 Å². The highest BCUT2D eigenvalue weighted by molar-refractivity contribution is 6.34. The maximum Gasteiger partial charge on any atom is 0.355 e. The molecule has 7 rings (SSSR count). The number of hydrogen-bond donors (Lipinski definition) is 1. The largest absolute Gasteiger partial charge is 0.398 e. The lowest BCUT2D eigenvalue weighted by Crippen LogP contribution is -2.58. The molecule has 10 nitrogen and oxygen atoms in total. The number of anilines is 2. The van der Waals surface area contributed by atoms with Crippen LogP contribution < -0.4 is 16.3 Å². The fourth-order valence-corrected chi connectivity index (χ4v) is 6.82. The van der Waals surface area contributed by atoms with Crippen LogP contribution in [-0.2, 0) is 11.8 Å². The van der Waals surface area contributed by atoms with Crippen LogP contribution in [0.1, 0.15) is 38.2 Å². The number of fused-ring (bicyclic) bond motifs is 2. The van der Waals surface area contributed by atoms with E-state index in [0.29, 0.717) is 35.1 Å². The van der Waals surface area contributed by atoms with Crippen LogP contribution in [0.5, 0.6) is 0 Å². The molecular formula is C33H31ClF2N8O2. The first-order chi connectivity index (χ1) is 22.0. The van der Waals surface area contributed by atoms with Crippen molar-refractivity contribution in [3.05, 3.63) is 82.0 Å². The van der Waals surface area contributed by atoms with E-state index in [4.69, 9.17) is 22.3 Å². The summed E-state index contributed by atoms with van der Waals surface area (Å²) in [5.74, 6) is -1.23. The Bertz CT molecular complexity index is 2140. The number of aryl methyl sites for hydroxylation is 1. The molecule has 1 aliphatic carbocycles. The fourth-order valence-electron chi connectivity index (χ4n) is 6.57. The number of hydrogen-bond acceptors (Lipinski definition) is 7. The number of carbonyl (C=O) groups is 1. The summed E-state index contributed by atoms with van der Waals surface area (Å²) in [6.07, 6.45) is 4.50. The van der Waals surface area contributed by atoms with E-state index in [2.05, 4.69) is 16.5 Å². The van der Waals surface area contributed by atoms with E-state index in [1.807, 2.05) is 18.7 Å². The molecule has 1 amide bonds. The zero-order valence-corrected chi connectivity index (χ0v) is 26.2. The van der Waals surface area contributed by atoms with E-state index in [1.165, 1.54) is 30.3 Å². The Balaban J connectivity index is 1.54. The first-order valence-electron chi connectivity index (χ1n) is 15.0. The average Bonchev–Trinajstić information content (AvgIpc) is 3.80. The van der Waals surface area contributed by atoms with Gasteiger partial charge in [-0.25, -0.2) is 28.1 Å². The fraction of sp³-hybridized carbons (Fsp3) is 0.303. The average molecular weight is 645 g/mol. The number of pyridine rings is 1. The third kappa shape index (κ3) is 4.61. The van der Waals surface area contributed by atoms with Gasteiger partial charge in [0.05, 0.1) is 44.7 Å². The van der Waals surface area contributed by atoms with Crippen molar-refractivity contribution in [2.45, 2.75) is 44.7 Å². The van der Waals surface area contributed by atoms with E-state index in [9.17, 15) is 9.59 Å². The van der Waals surface area contributed by atoms with Crippen LogP contribution in [0.25, 0.3) is 39.0 Å². The number of benzene rings is 2. The van der Waals surface area contributed by atoms with Crippen molar-refractivity contribution in [1.29, 1.82) is 0 Å². The van der Waals surface area contributed by atoms with Crippen molar-refractivity contribution in [3.8, 4) is 16.9 Å². The molecule has 13 heteroatoms. The van der Waals surface area contributed by atoms with Crippen molar-refractivity contribution in [3.63, 3.8) is 0 Å². The number of nitrogen functional groups attached to an aromatic ring is 1. The lowest BCUT2D eigenvalue weighted by Gasteiger charge is -2.44. The van der Waals surface area contributed by atoms with Crippen LogP contribution in [0.3, 0.4) is 0 Å². The first-order valence-corrected chi connectivity index (χ1v) is 15.4. The SMILES string of the molecule is C=CC(=O)N1C[C@H](C)N(c2nc(=O)n(-c3c(F)cc4c(ncn4C)c3C3CC3)c3nc(-c4c(N)cccc4F)c(Cl)cc23)C[C@H]1C. The number of nitrogens with two attached hydrogens (primary N) is 1. The van der Waals surface area contributed by atoms with E-state index >= 15 is 8.78 Å². The quantitative estimate of drug-likeness (QED) is 0.203. The Morgan fingerprint density at radius 3 is 2.57 bits per heavy atom. The van der Waals surface area contributed by atoms with Crippen molar-refractivity contribution in [1.82, 2.24) is 29.0 Å². The first kappa shape index (κ1) is 29.8. The van der Waals surface area contributed by atoms with Crippen LogP contribution in [0.4, 0.5) is 20.3 Å². The van der Waals surface area contributed by atoms with Crippen LogP contribution in [-0.4, -0.2) is 60.1 Å². The summed E-state index contributed by atoms with van der Waals surface area (Å²) in [5, 5.41) is 0.426. The highest BCUT2D eigenvalue weighted by atomic mass is 35.5. The number of rotatable bonds is 5. The number of halogens is 3. The molecule has 0 bridgehead atoms. The minimum Gasteiger partial charge on any atom is -0.398 e. The molecule has 1 saturated heterocycles. The number of piperazine rings is 1. The third-order valence-electron chi connectivity index (χ3n) is 8.99. The highest BCUT2D eigenvalue weighted by Gasteiger charge is 2.36. The summed E-state index contributed by atoms with van der Waals surface area (Å²) in [5.41, 5.74) is 7.31. The summed E-state index contributed by atoms with van der Waals surface area (Å²) in [7, 11) is 1.78. The van der Waals surface area contributed by atoms with Crippen LogP contribution in [0.2, 0.25) is 5.02 Å². The predicted octanol–water partition coefficient (Wildman–Crippen LogP) is 5.34. The second-order valence-electron chi connectivity index (χ2n) is 12.1. The van der Waals surface area contributed by atoms with Gasteiger partial charge in [0, 0.05) is 49.5 Å². The molecule has 0 radical (unpaired) electrons. The van der Waals surface area contributed by atoms with Gasteiger partial charge in [-0.15, -0.1) is 0 Å². The molecule has 1 saturated carbocycles. The lowest BCUT2D eigenvalue weighted by molar-refractivity contribution is -0.128. The zero-order chi connectivity index (χ0) is 32.6. The summed E-state index contributed by atoms with van der Waals surface area (Å²) in [6, 6.07) is 6.64. The van der Waals surface area contributed by atoms with Gasteiger partial charge in [0.2, 0.25) is 5.91 Å². The summed E-state index contributed by atoms with van der Waals surface area (Å²) in [4.78, 5) is 44.3. The number of nitrogens with zero attached hydrogens (tertiary/aromatic N) is 7. The Morgan fingerprint density at radius 1 is 1.11 bits per heavy atom. The molecule has 46 heavy (non-hydrogen) atoms. The minimum atomic E-state index is -0.773. The van der Waals surface area contributed by atoms with Gasteiger partial charge in [0.25, 0.3) is 0 Å². The lowest BCUT2D eigenvalue weighted by atomic mass is 10.0. The molecule has 1 aliphatic heterocycles. The van der Waals surface area contributed by atoms with Crippen molar-refractivity contribution >= 4 is 51.1 Å². The number of amides is 1. The molecule has 2 fully saturated rings. The molecule has 3 aromatic heterocycles. The molecule has 2 aliphatic rings. The van der Waals surface area contributed by atoms with Gasteiger partial charge in [0.1, 0.15) is 17.5 Å². The highest BCUT2D eigenvalue weighted by Crippen LogP contribution is 2.47. The maximum absolute atomic E-state index is 16.4. The zero-order valence-electron chi connectivity index (χ0n) is 25.5. The number of aromatic nitrogens is 5. The molecule has 0 unspecified atom stereocenters. The van der Waals surface area contributed by atoms with Crippen molar-refractivity contribution in [2.75, 3.05) is 23.7 Å². The molecule has 0 spiro atoms. The monoisotopic (exact) mass is 644 g/mol. The van der Waals surface area contributed by atoms with Crippen LogP contribution >= 0.6 is 11.6 Å². The van der Waals surface area contributed by atoms with E-state index < -0.39 is 17.3 Å². The van der Waals surface area contributed by atoms with E-state index in [0.717, 1.165) is 17.4 Å². The third-order valence-corrected chi connectivity index (χ3v) is 9.28. The molecule has 4 heterocycles. The summed E-state index contributed by atoms with van der Waals surface area (Å²) < 4.78 is 34.5. The topological polar surface area (TPSA) is 115 Å². The smallest absolute Gasteiger partial charge is 0.355 e. The molecule has 2 aromatic carbocycles. The van der Waals surface area contributed by atoms with E-state index in [1.54, 1.807) is 28.9 Å². The van der Waals surface area contributed by atoms with Crippen molar-refractivity contribution in [2.24, 2.45) is 7.05 Å². The standard InChI is InChI=1S/C33H31ClF2N8O2/c1-5-25(45)42-13-17(3)43(14-16(42)2)31-19-11-20(34)28(27-21(35)7-6-8-23(27)37)39-32(19)44(33(46)40-31)30-22(36)12-24-29(38-15-41(24)4)26(30)18-9-10-18/h5-8,11-12,15-18H,1,9-10,13-14,37H2,2-4H3/t16-,17+/m1/s1. The normalized spacial score (nSPS) is 18.5. The summed E-state index contributed by atoms with van der Waals surface area (Å²) >= 11 is 6.81. The molecule has 2 N–H and O–H groups in total. The Kier molecular flexibility index (Phi) is 7.07. The maximum atomic E-state index is 16.4. The number of carbonyl (C=O) groups excluding carboxylic acids is 1. The van der Waals surface area contributed by atoms with E-state index in [-0.39, 0.29) is 63.0 Å². The van der Waals surface area contributed by atoms with Crippen LogP contribution in [0, 0.1) is 11.6 Å². The van der Waals surface area contributed by atoms with Gasteiger partial charge in [-0.1, -0.05) is 24.2 Å². The van der Waals surface area contributed by atoms with Crippen molar-refractivity contribution < 1.29 is 13.6 Å². The van der Waals surface area contributed by atoms with Gasteiger partial charge in [-0.05, 0) is 56.9 Å². The molecule has 236 valence electrons. The second kappa shape index (κ2) is 10.9. The predicted molar refractivity (Wildman–Crippen MR) is 174 cm³/mol. The summed E-state index contributed by atoms with van der Waals surface area (Å²) in [6.45, 7) is 8.11. The van der Waals surface area contributed by atoms with Gasteiger partial charge in [-0.2, -0.15) is 4.98 Å². The van der Waals surface area contributed by atoms with Gasteiger partial charge in [-0.3, -0.25) is 4.79 Å². The van der Waals surface area contributed by atoms with Gasteiger partial charge >= 0.3 is 5.69 Å². The Morgan fingerprint density at radius 2 is 1.87 bits per heavy atom. The molecule has 5 aromatic rings. The molecular weight excluding hydrogens is 614 g/mol. The number of imidazole rings is 1. The molecule has 2 atom stereocenters. The van der Waals surface area contributed by atoms with Gasteiger partial charge in [0.15, 0.2) is 5.65 Å². The minimum absolute atomic E-state index is 0.00479. The second-order valence-corrected chi connectivity index (χ2v) is 12.5. The Labute approximate surface area is 267 Å². The van der Waals surface area contributed by atoms with Gasteiger partial charge < -0.3 is 20.1 Å². The Hall–Kier alpha value is -4.84.